The first kappa shape index (κ1) is 9.36. The van der Waals surface area contributed by atoms with Crippen LogP contribution >= 0.6 is 0 Å². The molecule has 0 saturated carbocycles. The van der Waals surface area contributed by atoms with Crippen LogP contribution in [0.3, 0.4) is 0 Å². The predicted octanol–water partition coefficient (Wildman–Crippen LogP) is 0.451. The second-order valence-electron chi connectivity index (χ2n) is 4.57. The zero-order valence-corrected chi connectivity index (χ0v) is 9.02. The zero-order chi connectivity index (χ0) is 10.1. The average Bonchev–Trinajstić information content (AvgIpc) is 2.87. The van der Waals surface area contributed by atoms with Gasteiger partial charge >= 0.3 is 0 Å². The molecule has 1 N–H and O–H groups in total. The normalized spacial score (nSPS) is 26.8. The highest BCUT2D eigenvalue weighted by molar-refractivity contribution is 4.96. The van der Waals surface area contributed by atoms with Crippen LogP contribution in [0.4, 0.5) is 0 Å². The van der Waals surface area contributed by atoms with E-state index in [0.717, 1.165) is 13.1 Å². The van der Waals surface area contributed by atoms with Gasteiger partial charge < -0.3 is 9.88 Å². The van der Waals surface area contributed by atoms with Crippen molar-refractivity contribution in [2.24, 2.45) is 0 Å². The molecule has 4 nitrogen and oxygen atoms in total. The van der Waals surface area contributed by atoms with Crippen LogP contribution in [0.15, 0.2) is 12.4 Å². The third-order valence-corrected chi connectivity index (χ3v) is 3.46. The number of aromatic nitrogens is 2. The van der Waals surface area contributed by atoms with E-state index in [1.807, 2.05) is 6.20 Å². The molecule has 3 heterocycles. The van der Waals surface area contributed by atoms with Gasteiger partial charge in [0.15, 0.2) is 0 Å². The summed E-state index contributed by atoms with van der Waals surface area (Å²) in [7, 11) is 0. The first-order valence-corrected chi connectivity index (χ1v) is 5.87. The summed E-state index contributed by atoms with van der Waals surface area (Å²) in [5.41, 5.74) is 0. The summed E-state index contributed by atoms with van der Waals surface area (Å²) < 4.78 is 2.26. The summed E-state index contributed by atoms with van der Waals surface area (Å²) in [5.74, 6) is 1.22. The van der Waals surface area contributed by atoms with Crippen LogP contribution in [0, 0.1) is 0 Å². The van der Waals surface area contributed by atoms with Crippen LogP contribution in [-0.2, 0) is 13.1 Å². The summed E-state index contributed by atoms with van der Waals surface area (Å²) in [5, 5.41) is 3.55. The lowest BCUT2D eigenvalue weighted by Crippen LogP contribution is -2.41. The Labute approximate surface area is 90.3 Å². The quantitative estimate of drug-likeness (QED) is 0.762. The molecule has 2 aliphatic rings. The molecule has 15 heavy (non-hydrogen) atoms. The Hall–Kier alpha value is -0.870. The van der Waals surface area contributed by atoms with E-state index < -0.39 is 0 Å². The molecule has 1 aromatic heterocycles. The molecule has 0 aromatic carbocycles. The van der Waals surface area contributed by atoms with E-state index in [-0.39, 0.29) is 0 Å². The second kappa shape index (κ2) is 3.94. The number of rotatable bonds is 2. The van der Waals surface area contributed by atoms with Crippen LogP contribution < -0.4 is 5.32 Å². The number of hydrogen-bond donors (Lipinski definition) is 1. The van der Waals surface area contributed by atoms with E-state index in [1.54, 1.807) is 0 Å². The molecule has 1 fully saturated rings. The Morgan fingerprint density at radius 2 is 2.47 bits per heavy atom. The average molecular weight is 206 g/mol. The third-order valence-electron chi connectivity index (χ3n) is 3.46. The molecule has 4 heteroatoms. The van der Waals surface area contributed by atoms with Gasteiger partial charge in [0.1, 0.15) is 5.82 Å². The molecule has 0 amide bonds. The molecular formula is C11H18N4. The van der Waals surface area contributed by atoms with Crippen LogP contribution in [-0.4, -0.2) is 40.1 Å². The summed E-state index contributed by atoms with van der Waals surface area (Å²) in [4.78, 5) is 6.90. The monoisotopic (exact) mass is 206 g/mol. The van der Waals surface area contributed by atoms with Gasteiger partial charge in [-0.15, -0.1) is 0 Å². The third kappa shape index (κ3) is 1.92. The van der Waals surface area contributed by atoms with E-state index in [4.69, 9.17) is 0 Å². The maximum absolute atomic E-state index is 4.38. The van der Waals surface area contributed by atoms with E-state index in [0.29, 0.717) is 6.04 Å². The van der Waals surface area contributed by atoms with Crippen molar-refractivity contribution in [3.05, 3.63) is 18.2 Å². The lowest BCUT2D eigenvalue weighted by molar-refractivity contribution is 0.199. The number of imidazole rings is 1. The SMILES string of the molecule is c1cn2c(n1)CN(C[C@@H]1CCCN1)CC2. The minimum absolute atomic E-state index is 0.714. The Morgan fingerprint density at radius 3 is 3.33 bits per heavy atom. The van der Waals surface area contributed by atoms with E-state index in [1.165, 1.54) is 38.3 Å². The fraction of sp³-hybridized carbons (Fsp3) is 0.727. The molecule has 2 aliphatic heterocycles. The molecule has 3 rings (SSSR count). The molecule has 0 unspecified atom stereocenters. The fourth-order valence-electron chi connectivity index (χ4n) is 2.60. The van der Waals surface area contributed by atoms with Crippen molar-refractivity contribution in [2.75, 3.05) is 19.6 Å². The van der Waals surface area contributed by atoms with Crippen molar-refractivity contribution in [1.82, 2.24) is 19.8 Å². The number of nitrogens with zero attached hydrogens (tertiary/aromatic N) is 3. The Morgan fingerprint density at radius 1 is 1.47 bits per heavy atom. The van der Waals surface area contributed by atoms with Gasteiger partial charge in [-0.25, -0.2) is 4.98 Å². The maximum atomic E-state index is 4.38. The van der Waals surface area contributed by atoms with Crippen LogP contribution in [0.1, 0.15) is 18.7 Å². The molecule has 1 aromatic rings. The lowest BCUT2D eigenvalue weighted by Gasteiger charge is -2.29. The Bertz CT molecular complexity index is 327. The predicted molar refractivity (Wildman–Crippen MR) is 58.5 cm³/mol. The van der Waals surface area contributed by atoms with Crippen LogP contribution in [0.5, 0.6) is 0 Å². The zero-order valence-electron chi connectivity index (χ0n) is 9.02. The van der Waals surface area contributed by atoms with Crippen molar-refractivity contribution in [2.45, 2.75) is 32.0 Å². The van der Waals surface area contributed by atoms with Crippen molar-refractivity contribution in [3.8, 4) is 0 Å². The number of hydrogen-bond acceptors (Lipinski definition) is 3. The van der Waals surface area contributed by atoms with Gasteiger partial charge in [-0.2, -0.15) is 0 Å². The fourth-order valence-corrected chi connectivity index (χ4v) is 2.60. The minimum Gasteiger partial charge on any atom is -0.333 e. The molecule has 0 spiro atoms. The van der Waals surface area contributed by atoms with Gasteiger partial charge in [-0.1, -0.05) is 0 Å². The Balaban J connectivity index is 1.61. The van der Waals surface area contributed by atoms with Gasteiger partial charge in [0.2, 0.25) is 0 Å². The first-order chi connectivity index (χ1) is 7.42. The van der Waals surface area contributed by atoms with Gasteiger partial charge in [-0.05, 0) is 19.4 Å². The highest BCUT2D eigenvalue weighted by Crippen LogP contribution is 2.13. The van der Waals surface area contributed by atoms with Gasteiger partial charge in [-0.3, -0.25) is 4.90 Å². The minimum atomic E-state index is 0.714. The van der Waals surface area contributed by atoms with Crippen molar-refractivity contribution in [1.29, 1.82) is 0 Å². The summed E-state index contributed by atoms with van der Waals surface area (Å²) in [6.45, 7) is 5.68. The first-order valence-electron chi connectivity index (χ1n) is 5.87. The molecule has 1 atom stereocenters. The van der Waals surface area contributed by atoms with Crippen LogP contribution in [0.25, 0.3) is 0 Å². The lowest BCUT2D eigenvalue weighted by atomic mass is 10.2. The van der Waals surface area contributed by atoms with Crippen molar-refractivity contribution >= 4 is 0 Å². The van der Waals surface area contributed by atoms with E-state index in [2.05, 4.69) is 26.0 Å². The highest BCUT2D eigenvalue weighted by Gasteiger charge is 2.21. The standard InChI is InChI=1S/C11H18N4/c1-2-10(12-3-1)8-14-6-7-15-5-4-13-11(15)9-14/h4-5,10,12H,1-3,6-9H2/t10-/m0/s1. The topological polar surface area (TPSA) is 33.1 Å². The molecule has 0 bridgehead atoms. The second-order valence-corrected chi connectivity index (χ2v) is 4.57. The summed E-state index contributed by atoms with van der Waals surface area (Å²) in [6.07, 6.45) is 6.67. The highest BCUT2D eigenvalue weighted by atomic mass is 15.2. The van der Waals surface area contributed by atoms with Gasteiger partial charge in [0.25, 0.3) is 0 Å². The number of nitrogens with one attached hydrogen (secondary N) is 1. The molecule has 82 valence electrons. The Kier molecular flexibility index (Phi) is 2.46. The van der Waals surface area contributed by atoms with Gasteiger partial charge in [0, 0.05) is 38.1 Å². The molecule has 1 saturated heterocycles. The molecular weight excluding hydrogens is 188 g/mol. The maximum Gasteiger partial charge on any atom is 0.122 e. The van der Waals surface area contributed by atoms with E-state index >= 15 is 0 Å². The summed E-state index contributed by atoms with van der Waals surface area (Å²) in [6, 6.07) is 0.714. The van der Waals surface area contributed by atoms with Crippen LogP contribution in [0.2, 0.25) is 0 Å². The van der Waals surface area contributed by atoms with Crippen molar-refractivity contribution < 1.29 is 0 Å². The van der Waals surface area contributed by atoms with Gasteiger partial charge in [0.05, 0.1) is 6.54 Å². The number of fused-ring (bicyclic) bond motifs is 1. The van der Waals surface area contributed by atoms with E-state index in [9.17, 15) is 0 Å². The van der Waals surface area contributed by atoms with Crippen molar-refractivity contribution in [3.63, 3.8) is 0 Å². The molecule has 0 aliphatic carbocycles. The smallest absolute Gasteiger partial charge is 0.122 e. The summed E-state index contributed by atoms with van der Waals surface area (Å²) >= 11 is 0. The largest absolute Gasteiger partial charge is 0.333 e. The molecule has 0 radical (unpaired) electrons.